The second-order valence-corrected chi connectivity index (χ2v) is 0.307. The summed E-state index contributed by atoms with van der Waals surface area (Å²) in [5.41, 5.74) is 0. The van der Waals surface area contributed by atoms with E-state index >= 15 is 0 Å². The normalized spacial score (nSPS) is 2.33. The van der Waals surface area contributed by atoms with Gasteiger partial charge in [-0.25, -0.2) is 0 Å². The quantitative estimate of drug-likeness (QED) is 0.466. The average molecular weight is 132 g/mol. The molecule has 39 valence electrons. The molecule has 0 aliphatic rings. The Labute approximate surface area is 42.7 Å². The molecule has 6 heavy (non-hydrogen) atoms. The number of aliphatic hydroxyl groups excluding tert-OH is 1. The van der Waals surface area contributed by atoms with Gasteiger partial charge in [0.1, 0.15) is 0 Å². The summed E-state index contributed by atoms with van der Waals surface area (Å²) in [7, 11) is 1.00. The maximum absolute atomic E-state index is 8.47. The second-order valence-electron chi connectivity index (χ2n) is 0.0745. The van der Waals surface area contributed by atoms with Gasteiger partial charge in [-0.15, -0.1) is 0 Å². The van der Waals surface area contributed by atoms with E-state index in [4.69, 9.17) is 12.5 Å². The average Bonchev–Trinajstić information content (AvgIpc) is 1.46. The third-order valence-corrected chi connectivity index (χ3v) is 0. The van der Waals surface area contributed by atoms with Crippen LogP contribution < -0.4 is 6.15 Å². The van der Waals surface area contributed by atoms with Crippen LogP contribution in [0.3, 0.4) is 0 Å². The molecule has 0 bridgehead atoms. The second kappa shape index (κ2) is 70.5. The van der Waals surface area contributed by atoms with Gasteiger partial charge in [-0.3, -0.25) is 0 Å². The minimum atomic E-state index is -1.81. The van der Waals surface area contributed by atoms with Gasteiger partial charge in [-0.2, -0.15) is 0 Å². The van der Waals surface area contributed by atoms with Crippen molar-refractivity contribution in [2.45, 2.75) is 0 Å². The van der Waals surface area contributed by atoms with Gasteiger partial charge in [0.15, 0.2) is 0 Å². The van der Waals surface area contributed by atoms with Gasteiger partial charge >= 0.3 is 23.5 Å². The van der Waals surface area contributed by atoms with Gasteiger partial charge in [-0.1, -0.05) is 0 Å². The van der Waals surface area contributed by atoms with E-state index in [1.54, 1.807) is 0 Å². The first-order valence-corrected chi connectivity index (χ1v) is 1.95. The van der Waals surface area contributed by atoms with Gasteiger partial charge < -0.3 is 11.3 Å². The summed E-state index contributed by atoms with van der Waals surface area (Å²) in [5.74, 6) is 0. The number of aliphatic hydroxyl groups is 1. The van der Waals surface area contributed by atoms with E-state index < -0.39 is 16.2 Å². The van der Waals surface area contributed by atoms with E-state index in [2.05, 4.69) is 0 Å². The molecule has 0 saturated carbocycles. The Bertz CT molecular complexity index is 31.8. The first-order valence-electron chi connectivity index (χ1n) is 0.812. The van der Waals surface area contributed by atoms with Crippen LogP contribution >= 0.6 is 0 Å². The number of rotatable bonds is 0. The molecule has 0 aromatic heterocycles. The molecule has 0 fully saturated rings. The van der Waals surface area contributed by atoms with Crippen molar-refractivity contribution >= 4 is 0 Å². The molecule has 4 nitrogen and oxygen atoms in total. The van der Waals surface area contributed by atoms with E-state index in [0.717, 1.165) is 7.11 Å². The molecule has 0 spiro atoms. The Hall–Kier alpha value is 0.104. The third kappa shape index (κ3) is 3630. The van der Waals surface area contributed by atoms with E-state index in [0.29, 0.717) is 0 Å². The standard InChI is InChI=1S/CH4O.H3N.2O.V/c1-2;;;;/h2H,1H3;1H3;;;. The Kier molecular flexibility index (Phi) is 194. The van der Waals surface area contributed by atoms with Gasteiger partial charge in [0.05, 0.1) is 0 Å². The molecule has 0 aromatic carbocycles. The number of hydrogen-bond donors (Lipinski definition) is 2. The molecular formula is CH7NO3V. The van der Waals surface area contributed by atoms with Gasteiger partial charge in [0, 0.05) is 7.11 Å². The molecule has 0 rings (SSSR count). The molecular weight excluding hydrogens is 125 g/mol. The zero-order valence-electron chi connectivity index (χ0n) is 3.42. The van der Waals surface area contributed by atoms with Crippen LogP contribution in [0.25, 0.3) is 0 Å². The Morgan fingerprint density at radius 2 is 1.33 bits per heavy atom. The van der Waals surface area contributed by atoms with Crippen molar-refractivity contribution in [2.24, 2.45) is 0 Å². The molecule has 0 heterocycles. The molecule has 0 aliphatic carbocycles. The van der Waals surface area contributed by atoms with Gasteiger partial charge in [-0.05, 0) is 0 Å². The fourth-order valence-electron chi connectivity index (χ4n) is 0. The van der Waals surface area contributed by atoms with Crippen molar-refractivity contribution in [1.82, 2.24) is 6.15 Å². The molecule has 0 radical (unpaired) electrons. The fraction of sp³-hybridized carbons (Fsp3) is 1.00. The molecule has 0 aromatic rings. The minimum absolute atomic E-state index is 0. The summed E-state index contributed by atoms with van der Waals surface area (Å²) < 4.78 is 16.9. The van der Waals surface area contributed by atoms with Crippen LogP contribution in [-0.2, 0) is 23.5 Å². The molecule has 4 N–H and O–H groups in total. The van der Waals surface area contributed by atoms with E-state index in [-0.39, 0.29) is 6.15 Å². The van der Waals surface area contributed by atoms with Crippen LogP contribution in [0.5, 0.6) is 0 Å². The summed E-state index contributed by atoms with van der Waals surface area (Å²) in [6, 6.07) is 0. The van der Waals surface area contributed by atoms with Crippen molar-refractivity contribution in [2.75, 3.05) is 7.11 Å². The summed E-state index contributed by atoms with van der Waals surface area (Å²) in [6.07, 6.45) is 0. The molecule has 0 unspecified atom stereocenters. The van der Waals surface area contributed by atoms with Crippen LogP contribution in [0, 0.1) is 0 Å². The summed E-state index contributed by atoms with van der Waals surface area (Å²) in [5, 5.41) is 7.00. The first kappa shape index (κ1) is 16.5. The fourth-order valence-corrected chi connectivity index (χ4v) is 0. The molecule has 5 heteroatoms. The topological polar surface area (TPSA) is 89.4 Å². The summed E-state index contributed by atoms with van der Waals surface area (Å²) >= 11 is -1.81. The van der Waals surface area contributed by atoms with Crippen molar-refractivity contribution in [3.63, 3.8) is 0 Å². The zero-order valence-corrected chi connectivity index (χ0v) is 4.81. The monoisotopic (exact) mass is 132 g/mol. The van der Waals surface area contributed by atoms with Gasteiger partial charge in [0.25, 0.3) is 0 Å². The molecule has 0 atom stereocenters. The van der Waals surface area contributed by atoms with Crippen molar-refractivity contribution in [3.05, 3.63) is 0 Å². The number of hydrogen-bond acceptors (Lipinski definition) is 4. The zero-order chi connectivity index (χ0) is 4.71. The van der Waals surface area contributed by atoms with E-state index in [1.165, 1.54) is 0 Å². The summed E-state index contributed by atoms with van der Waals surface area (Å²) in [6.45, 7) is 0. The van der Waals surface area contributed by atoms with Crippen LogP contribution in [-0.4, -0.2) is 12.2 Å². The van der Waals surface area contributed by atoms with Crippen LogP contribution in [0.1, 0.15) is 0 Å². The van der Waals surface area contributed by atoms with Crippen molar-refractivity contribution in [3.8, 4) is 0 Å². The van der Waals surface area contributed by atoms with Crippen molar-refractivity contribution in [1.29, 1.82) is 0 Å². The van der Waals surface area contributed by atoms with Crippen molar-refractivity contribution < 1.29 is 28.6 Å². The Morgan fingerprint density at radius 1 is 1.33 bits per heavy atom. The predicted octanol–water partition coefficient (Wildman–Crippen LogP) is -0.470. The predicted molar refractivity (Wildman–Crippen MR) is 14.5 cm³/mol. The van der Waals surface area contributed by atoms with Crippen LogP contribution in [0.2, 0.25) is 0 Å². The third-order valence-electron chi connectivity index (χ3n) is 0. The Balaban J connectivity index is -0.0000000275. The van der Waals surface area contributed by atoms with Crippen LogP contribution in [0.15, 0.2) is 0 Å². The summed E-state index contributed by atoms with van der Waals surface area (Å²) in [4.78, 5) is 0. The SMILES string of the molecule is CO.N.[O]=[V]=[O]. The maximum atomic E-state index is 8.47. The Morgan fingerprint density at radius 3 is 1.33 bits per heavy atom. The molecule has 0 saturated heterocycles. The molecule has 0 aliphatic heterocycles. The van der Waals surface area contributed by atoms with Gasteiger partial charge in [0.2, 0.25) is 0 Å². The molecule has 0 amide bonds. The van der Waals surface area contributed by atoms with E-state index in [1.807, 2.05) is 0 Å². The van der Waals surface area contributed by atoms with Crippen LogP contribution in [0.4, 0.5) is 0 Å². The first-order chi connectivity index (χ1) is 2.41. The van der Waals surface area contributed by atoms with E-state index in [9.17, 15) is 0 Å².